The minimum Gasteiger partial charge on any atom is -0.499 e. The Balaban J connectivity index is 2.05. The summed E-state index contributed by atoms with van der Waals surface area (Å²) < 4.78 is 70.9. The molecule has 8 heteroatoms. The van der Waals surface area contributed by atoms with Crippen LogP contribution in [-0.2, 0) is 27.6 Å². The predicted molar refractivity (Wildman–Crippen MR) is 87.6 cm³/mol. The standard InChI is InChI=1S/C17H20F3NO3S/c1-16(9-4-3-5-15(16)24-2)25(22,23)21-10-8-12-6-7-13(11-14(12)21)17(18,19)20/h3-5,8,10,13H,6-7,9,11H2,1-2H3/t13-,16?/m1/s1. The van der Waals surface area contributed by atoms with Crippen molar-refractivity contribution in [3.05, 3.63) is 47.5 Å². The summed E-state index contributed by atoms with van der Waals surface area (Å²) in [5.74, 6) is -1.24. The van der Waals surface area contributed by atoms with Gasteiger partial charge in [0, 0.05) is 18.3 Å². The van der Waals surface area contributed by atoms with E-state index in [0.29, 0.717) is 5.56 Å². The van der Waals surface area contributed by atoms with Crippen molar-refractivity contribution in [2.45, 2.75) is 43.5 Å². The van der Waals surface area contributed by atoms with Crippen molar-refractivity contribution in [3.8, 4) is 0 Å². The predicted octanol–water partition coefficient (Wildman–Crippen LogP) is 3.58. The van der Waals surface area contributed by atoms with E-state index < -0.39 is 26.9 Å². The van der Waals surface area contributed by atoms with E-state index in [-0.39, 0.29) is 37.1 Å². The largest absolute Gasteiger partial charge is 0.499 e. The molecule has 0 saturated carbocycles. The van der Waals surface area contributed by atoms with Crippen LogP contribution in [0.25, 0.3) is 0 Å². The van der Waals surface area contributed by atoms with Gasteiger partial charge in [0.2, 0.25) is 0 Å². The molecule has 0 spiro atoms. The molecule has 0 aromatic carbocycles. The van der Waals surface area contributed by atoms with Gasteiger partial charge in [-0.1, -0.05) is 12.2 Å². The summed E-state index contributed by atoms with van der Waals surface area (Å²) in [5.41, 5.74) is 0.904. The summed E-state index contributed by atoms with van der Waals surface area (Å²) in [7, 11) is -2.59. The zero-order chi connectivity index (χ0) is 18.5. The first kappa shape index (κ1) is 18.1. The summed E-state index contributed by atoms with van der Waals surface area (Å²) in [6.07, 6.45) is 2.15. The van der Waals surface area contributed by atoms with E-state index in [1.54, 1.807) is 24.3 Å². The molecular formula is C17H20F3NO3S. The molecule has 2 aliphatic carbocycles. The molecule has 1 aromatic heterocycles. The molecule has 0 N–H and O–H groups in total. The second-order valence-electron chi connectivity index (χ2n) is 6.67. The Bertz CT molecular complexity index is 836. The third-order valence-corrected chi connectivity index (χ3v) is 7.54. The second-order valence-corrected chi connectivity index (χ2v) is 8.91. The first-order valence-corrected chi connectivity index (χ1v) is 9.47. The van der Waals surface area contributed by atoms with E-state index in [0.717, 1.165) is 3.97 Å². The molecule has 1 heterocycles. The molecule has 0 radical (unpaired) electrons. The fourth-order valence-electron chi connectivity index (χ4n) is 3.56. The van der Waals surface area contributed by atoms with Gasteiger partial charge >= 0.3 is 6.18 Å². The van der Waals surface area contributed by atoms with E-state index in [2.05, 4.69) is 0 Å². The fourth-order valence-corrected chi connectivity index (χ4v) is 5.41. The molecule has 0 fully saturated rings. The lowest BCUT2D eigenvalue weighted by Crippen LogP contribution is -2.43. The summed E-state index contributed by atoms with van der Waals surface area (Å²) in [6.45, 7) is 1.54. The highest BCUT2D eigenvalue weighted by molar-refractivity contribution is 7.91. The van der Waals surface area contributed by atoms with Crippen LogP contribution in [0.4, 0.5) is 13.2 Å². The highest BCUT2D eigenvalue weighted by Crippen LogP contribution is 2.41. The summed E-state index contributed by atoms with van der Waals surface area (Å²) in [6, 6.07) is 1.61. The van der Waals surface area contributed by atoms with Crippen molar-refractivity contribution in [2.75, 3.05) is 7.11 Å². The topological polar surface area (TPSA) is 48.3 Å². The number of hydrogen-bond acceptors (Lipinski definition) is 3. The van der Waals surface area contributed by atoms with Crippen LogP contribution in [0.15, 0.2) is 36.3 Å². The summed E-state index contributed by atoms with van der Waals surface area (Å²) in [5, 5.41) is 0. The van der Waals surface area contributed by atoms with Gasteiger partial charge in [0.15, 0.2) is 0 Å². The molecule has 0 bridgehead atoms. The monoisotopic (exact) mass is 375 g/mol. The molecule has 0 saturated heterocycles. The maximum atomic E-state index is 13.3. The van der Waals surface area contributed by atoms with Crippen molar-refractivity contribution in [3.63, 3.8) is 0 Å². The van der Waals surface area contributed by atoms with Gasteiger partial charge < -0.3 is 4.74 Å². The number of ether oxygens (including phenoxy) is 1. The maximum absolute atomic E-state index is 13.3. The number of halogens is 3. The molecule has 2 atom stereocenters. The number of methoxy groups -OCH3 is 1. The number of aromatic nitrogens is 1. The van der Waals surface area contributed by atoms with E-state index in [9.17, 15) is 21.6 Å². The van der Waals surface area contributed by atoms with E-state index in [4.69, 9.17) is 4.74 Å². The van der Waals surface area contributed by atoms with Crippen LogP contribution >= 0.6 is 0 Å². The average molecular weight is 375 g/mol. The van der Waals surface area contributed by atoms with E-state index in [1.807, 2.05) is 0 Å². The minimum atomic E-state index is -4.33. The molecule has 1 unspecified atom stereocenters. The lowest BCUT2D eigenvalue weighted by atomic mass is 9.88. The Hall–Kier alpha value is -1.70. The first-order chi connectivity index (χ1) is 11.6. The van der Waals surface area contributed by atoms with Gasteiger partial charge in [-0.3, -0.25) is 0 Å². The van der Waals surface area contributed by atoms with Crippen molar-refractivity contribution < 1.29 is 26.3 Å². The van der Waals surface area contributed by atoms with Crippen LogP contribution in [0, 0.1) is 5.92 Å². The second kappa shape index (κ2) is 5.93. The normalized spacial score (nSPS) is 26.9. The quantitative estimate of drug-likeness (QED) is 0.811. The van der Waals surface area contributed by atoms with Crippen LogP contribution in [0.5, 0.6) is 0 Å². The highest BCUT2D eigenvalue weighted by Gasteiger charge is 2.48. The molecule has 4 nitrogen and oxygen atoms in total. The SMILES string of the molecule is COC1=CC=CCC1(C)S(=O)(=O)n1ccc2c1C[C@H](C(F)(F)F)CC2. The third-order valence-electron chi connectivity index (χ3n) is 5.17. The lowest BCUT2D eigenvalue weighted by Gasteiger charge is -2.33. The number of hydrogen-bond donors (Lipinski definition) is 0. The van der Waals surface area contributed by atoms with Crippen molar-refractivity contribution in [1.82, 2.24) is 3.97 Å². The van der Waals surface area contributed by atoms with Gasteiger partial charge in [0.05, 0.1) is 13.0 Å². The van der Waals surface area contributed by atoms with Gasteiger partial charge in [-0.05, 0) is 43.9 Å². The van der Waals surface area contributed by atoms with Crippen LogP contribution in [0.3, 0.4) is 0 Å². The van der Waals surface area contributed by atoms with Crippen molar-refractivity contribution in [1.29, 1.82) is 0 Å². The van der Waals surface area contributed by atoms with Crippen LogP contribution < -0.4 is 0 Å². The van der Waals surface area contributed by atoms with Gasteiger partial charge in [-0.25, -0.2) is 12.4 Å². The Kier molecular flexibility index (Phi) is 4.29. The summed E-state index contributed by atoms with van der Waals surface area (Å²) >= 11 is 0. The van der Waals surface area contributed by atoms with E-state index >= 15 is 0 Å². The molecule has 0 aliphatic heterocycles. The summed E-state index contributed by atoms with van der Waals surface area (Å²) in [4.78, 5) is 0. The van der Waals surface area contributed by atoms with Crippen LogP contribution in [0.1, 0.15) is 31.0 Å². The number of fused-ring (bicyclic) bond motifs is 1. The van der Waals surface area contributed by atoms with Crippen molar-refractivity contribution in [2.24, 2.45) is 5.92 Å². The smallest absolute Gasteiger partial charge is 0.392 e. The Labute approximate surface area is 145 Å². The molecule has 1 aromatic rings. The Morgan fingerprint density at radius 1 is 1.36 bits per heavy atom. The first-order valence-electron chi connectivity index (χ1n) is 8.03. The Morgan fingerprint density at radius 3 is 2.72 bits per heavy atom. The van der Waals surface area contributed by atoms with Gasteiger partial charge in [0.25, 0.3) is 10.0 Å². The van der Waals surface area contributed by atoms with Gasteiger partial charge in [-0.15, -0.1) is 0 Å². The Morgan fingerprint density at radius 2 is 2.08 bits per heavy atom. The molecular weight excluding hydrogens is 355 g/mol. The molecule has 2 aliphatic rings. The number of aryl methyl sites for hydroxylation is 1. The number of nitrogens with zero attached hydrogens (tertiary/aromatic N) is 1. The zero-order valence-electron chi connectivity index (χ0n) is 14.0. The molecule has 25 heavy (non-hydrogen) atoms. The third kappa shape index (κ3) is 2.80. The highest BCUT2D eigenvalue weighted by atomic mass is 32.2. The van der Waals surface area contributed by atoms with E-state index in [1.165, 1.54) is 20.2 Å². The molecule has 138 valence electrons. The minimum absolute atomic E-state index is 0.0101. The lowest BCUT2D eigenvalue weighted by molar-refractivity contribution is -0.177. The average Bonchev–Trinajstić information content (AvgIpc) is 2.98. The van der Waals surface area contributed by atoms with Gasteiger partial charge in [-0.2, -0.15) is 13.2 Å². The fraction of sp³-hybridized carbons (Fsp3) is 0.529. The molecule has 0 amide bonds. The van der Waals surface area contributed by atoms with Gasteiger partial charge in [0.1, 0.15) is 10.5 Å². The zero-order valence-corrected chi connectivity index (χ0v) is 14.8. The number of rotatable bonds is 3. The van der Waals surface area contributed by atoms with Crippen molar-refractivity contribution >= 4 is 10.0 Å². The number of alkyl halides is 3. The number of allylic oxidation sites excluding steroid dienone is 3. The van der Waals surface area contributed by atoms with Crippen LogP contribution in [-0.4, -0.2) is 30.4 Å². The maximum Gasteiger partial charge on any atom is 0.392 e. The molecule has 3 rings (SSSR count). The van der Waals surface area contributed by atoms with Crippen LogP contribution in [0.2, 0.25) is 0 Å².